The molecule has 4 nitrogen and oxygen atoms in total. The molecule has 0 aliphatic heterocycles. The van der Waals surface area contributed by atoms with E-state index in [0.717, 1.165) is 11.1 Å². The molecule has 30 heavy (non-hydrogen) atoms. The minimum Gasteiger partial charge on any atom is -0.497 e. The number of rotatable bonds is 7. The lowest BCUT2D eigenvalue weighted by Crippen LogP contribution is -2.38. The molecule has 0 bridgehead atoms. The number of ether oxygens (including phenoxy) is 2. The second-order valence-electron chi connectivity index (χ2n) is 7.07. The van der Waals surface area contributed by atoms with Crippen LogP contribution in [0.5, 0.6) is 5.75 Å². The average molecular weight is 400 g/mol. The molecule has 0 fully saturated rings. The lowest BCUT2D eigenvalue weighted by atomic mass is 9.85. The van der Waals surface area contributed by atoms with Crippen LogP contribution < -0.4 is 4.74 Å². The third kappa shape index (κ3) is 4.66. The number of carbonyl (C=O) groups is 2. The largest absolute Gasteiger partial charge is 0.497 e. The van der Waals surface area contributed by atoms with E-state index in [1.54, 1.807) is 44.4 Å². The molecule has 4 heteroatoms. The number of benzene rings is 3. The van der Waals surface area contributed by atoms with Gasteiger partial charge in [0.25, 0.3) is 0 Å². The molecule has 0 amide bonds. The van der Waals surface area contributed by atoms with E-state index in [2.05, 4.69) is 0 Å². The summed E-state index contributed by atoms with van der Waals surface area (Å²) in [6, 6.07) is 23.6. The molecule has 0 saturated carbocycles. The minimum absolute atomic E-state index is 0.305. The number of hydrogen-bond acceptors (Lipinski definition) is 4. The molecule has 3 aromatic carbocycles. The predicted octanol–water partition coefficient (Wildman–Crippen LogP) is 5.36. The second-order valence-corrected chi connectivity index (χ2v) is 7.07. The summed E-state index contributed by atoms with van der Waals surface area (Å²) in [4.78, 5) is 26.2. The van der Waals surface area contributed by atoms with Crippen molar-refractivity contribution in [2.24, 2.45) is 0 Å². The molecule has 1 unspecified atom stereocenters. The number of aryl methyl sites for hydroxylation is 1. The monoisotopic (exact) mass is 400 g/mol. The Morgan fingerprint density at radius 3 is 2.13 bits per heavy atom. The highest BCUT2D eigenvalue weighted by Crippen LogP contribution is 2.33. The fourth-order valence-electron chi connectivity index (χ4n) is 3.31. The van der Waals surface area contributed by atoms with Crippen LogP contribution in [0.3, 0.4) is 0 Å². The van der Waals surface area contributed by atoms with Crippen LogP contribution >= 0.6 is 0 Å². The topological polar surface area (TPSA) is 52.6 Å². The quantitative estimate of drug-likeness (QED) is 0.304. The van der Waals surface area contributed by atoms with Gasteiger partial charge in [-0.05, 0) is 55.3 Å². The Labute approximate surface area is 176 Å². The summed E-state index contributed by atoms with van der Waals surface area (Å²) in [5.74, 6) is -0.251. The van der Waals surface area contributed by atoms with Crippen molar-refractivity contribution in [3.05, 3.63) is 107 Å². The number of methoxy groups -OCH3 is 1. The van der Waals surface area contributed by atoms with Gasteiger partial charge in [-0.3, -0.25) is 4.79 Å². The van der Waals surface area contributed by atoms with Gasteiger partial charge in [-0.1, -0.05) is 54.6 Å². The maximum Gasteiger partial charge on any atom is 0.332 e. The van der Waals surface area contributed by atoms with Gasteiger partial charge in [0.15, 0.2) is 5.60 Å². The molecular weight excluding hydrogens is 376 g/mol. The van der Waals surface area contributed by atoms with E-state index < -0.39 is 11.6 Å². The Hall–Kier alpha value is -3.66. The molecule has 152 valence electrons. The third-order valence-corrected chi connectivity index (χ3v) is 4.96. The van der Waals surface area contributed by atoms with Crippen molar-refractivity contribution in [3.8, 4) is 5.75 Å². The minimum atomic E-state index is -1.47. The van der Waals surface area contributed by atoms with Crippen molar-refractivity contribution in [2.75, 3.05) is 7.11 Å². The lowest BCUT2D eigenvalue weighted by molar-refractivity contribution is -0.148. The van der Waals surface area contributed by atoms with E-state index >= 15 is 0 Å². The number of carbonyl (C=O) groups excluding carboxylic acids is 2. The van der Waals surface area contributed by atoms with Gasteiger partial charge in [-0.25, -0.2) is 4.79 Å². The molecule has 0 radical (unpaired) electrons. The van der Waals surface area contributed by atoms with E-state index in [4.69, 9.17) is 9.47 Å². The molecule has 0 heterocycles. The van der Waals surface area contributed by atoms with Gasteiger partial charge >= 0.3 is 5.97 Å². The van der Waals surface area contributed by atoms with E-state index in [9.17, 15) is 9.59 Å². The van der Waals surface area contributed by atoms with E-state index in [0.29, 0.717) is 16.9 Å². The Balaban J connectivity index is 1.95. The highest BCUT2D eigenvalue weighted by atomic mass is 16.6. The van der Waals surface area contributed by atoms with E-state index in [1.807, 2.05) is 61.5 Å². The third-order valence-electron chi connectivity index (χ3n) is 4.96. The Kier molecular flexibility index (Phi) is 6.48. The summed E-state index contributed by atoms with van der Waals surface area (Å²) in [5.41, 5.74) is 1.34. The first kappa shape index (κ1) is 21.1. The molecule has 0 aromatic heterocycles. The first-order valence-corrected chi connectivity index (χ1v) is 9.65. The van der Waals surface area contributed by atoms with Gasteiger partial charge in [0, 0.05) is 17.2 Å². The van der Waals surface area contributed by atoms with Crippen LogP contribution in [0.4, 0.5) is 0 Å². The van der Waals surface area contributed by atoms with Crippen molar-refractivity contribution in [2.45, 2.75) is 19.4 Å². The standard InChI is InChI=1S/C26H24O4/c1-19-9-7-8-12-23(19)26(2,25(28)21-14-16-22(29-3)17-15-21)30-24(27)18-13-20-10-5-4-6-11-20/h4-18H,1-3H3. The Bertz CT molecular complexity index is 1050. The molecule has 0 spiro atoms. The first-order valence-electron chi connectivity index (χ1n) is 9.65. The SMILES string of the molecule is COc1ccc(C(=O)C(C)(OC(=O)C=Cc2ccccc2)c2ccccc2C)cc1. The van der Waals surface area contributed by atoms with Crippen LogP contribution in [-0.4, -0.2) is 18.9 Å². The van der Waals surface area contributed by atoms with E-state index in [-0.39, 0.29) is 5.78 Å². The number of ketones is 1. The van der Waals surface area contributed by atoms with E-state index in [1.165, 1.54) is 6.08 Å². The van der Waals surface area contributed by atoms with Crippen molar-refractivity contribution >= 4 is 17.8 Å². The summed E-state index contributed by atoms with van der Waals surface area (Å²) >= 11 is 0. The Morgan fingerprint density at radius 1 is 0.867 bits per heavy atom. The molecule has 0 saturated heterocycles. The van der Waals surface area contributed by atoms with Crippen LogP contribution in [0.1, 0.15) is 34.0 Å². The first-order chi connectivity index (χ1) is 14.4. The summed E-state index contributed by atoms with van der Waals surface area (Å²) in [5, 5.41) is 0. The molecule has 0 aliphatic rings. The average Bonchev–Trinajstić information content (AvgIpc) is 2.78. The zero-order valence-electron chi connectivity index (χ0n) is 17.3. The van der Waals surface area contributed by atoms with Gasteiger partial charge in [-0.2, -0.15) is 0 Å². The van der Waals surface area contributed by atoms with Crippen LogP contribution in [0.15, 0.2) is 84.9 Å². The molecule has 1 atom stereocenters. The predicted molar refractivity (Wildman–Crippen MR) is 117 cm³/mol. The van der Waals surface area contributed by atoms with Crippen LogP contribution in [0.25, 0.3) is 6.08 Å². The molecule has 0 N–H and O–H groups in total. The van der Waals surface area contributed by atoms with Crippen molar-refractivity contribution in [3.63, 3.8) is 0 Å². The van der Waals surface area contributed by atoms with Gasteiger partial charge in [0.1, 0.15) is 5.75 Å². The smallest absolute Gasteiger partial charge is 0.332 e. The molecule has 0 aliphatic carbocycles. The van der Waals surface area contributed by atoms with Crippen LogP contribution in [0, 0.1) is 6.92 Å². The molecule has 3 rings (SSSR count). The lowest BCUT2D eigenvalue weighted by Gasteiger charge is -2.29. The fraction of sp³-hybridized carbons (Fsp3) is 0.154. The van der Waals surface area contributed by atoms with Gasteiger partial charge in [0.05, 0.1) is 7.11 Å². The zero-order valence-corrected chi connectivity index (χ0v) is 17.3. The molecular formula is C26H24O4. The van der Waals surface area contributed by atoms with Gasteiger partial charge in [-0.15, -0.1) is 0 Å². The summed E-state index contributed by atoms with van der Waals surface area (Å²) < 4.78 is 11.0. The zero-order chi connectivity index (χ0) is 21.6. The highest BCUT2D eigenvalue weighted by Gasteiger charge is 2.40. The van der Waals surface area contributed by atoms with Gasteiger partial charge in [0.2, 0.25) is 5.78 Å². The van der Waals surface area contributed by atoms with Crippen LogP contribution in [-0.2, 0) is 15.1 Å². The summed E-state index contributed by atoms with van der Waals surface area (Å²) in [6.45, 7) is 3.53. The maximum absolute atomic E-state index is 13.5. The number of hydrogen-bond donors (Lipinski definition) is 0. The second kappa shape index (κ2) is 9.23. The molecule has 3 aromatic rings. The number of esters is 1. The Morgan fingerprint density at radius 2 is 1.50 bits per heavy atom. The van der Waals surface area contributed by atoms with Crippen LogP contribution in [0.2, 0.25) is 0 Å². The number of Topliss-reactive ketones (excluding diaryl/α,β-unsaturated/α-hetero) is 1. The fourth-order valence-corrected chi connectivity index (χ4v) is 3.31. The van der Waals surface area contributed by atoms with Crippen molar-refractivity contribution in [1.29, 1.82) is 0 Å². The maximum atomic E-state index is 13.5. The van der Waals surface area contributed by atoms with Gasteiger partial charge < -0.3 is 9.47 Å². The normalized spacial score (nSPS) is 12.9. The van der Waals surface area contributed by atoms with Crippen molar-refractivity contribution in [1.82, 2.24) is 0 Å². The highest BCUT2D eigenvalue weighted by molar-refractivity contribution is 6.04. The summed E-state index contributed by atoms with van der Waals surface area (Å²) in [6.07, 6.45) is 3.01. The van der Waals surface area contributed by atoms with Crippen molar-refractivity contribution < 1.29 is 19.1 Å². The summed E-state index contributed by atoms with van der Waals surface area (Å²) in [7, 11) is 1.56.